The lowest BCUT2D eigenvalue weighted by Gasteiger charge is -2.24. The van der Waals surface area contributed by atoms with Crippen LogP contribution in [-0.2, 0) is 9.53 Å². The Balaban J connectivity index is 2.18. The molecule has 2 aromatic rings. The highest BCUT2D eigenvalue weighted by Gasteiger charge is 2.33. The molecule has 6 nitrogen and oxygen atoms in total. The number of carbonyl (C=O) groups is 1. The fraction of sp³-hybridized carbons (Fsp3) is 0.263. The summed E-state index contributed by atoms with van der Waals surface area (Å²) in [5.41, 5.74) is 1.60. The van der Waals surface area contributed by atoms with Crippen LogP contribution in [0.2, 0.25) is 0 Å². The Morgan fingerprint density at radius 1 is 1.26 bits per heavy atom. The van der Waals surface area contributed by atoms with E-state index in [4.69, 9.17) is 26.4 Å². The predicted octanol–water partition coefficient (Wildman–Crippen LogP) is 3.55. The fourth-order valence-corrected chi connectivity index (χ4v) is 3.28. The molecule has 2 aromatic carbocycles. The van der Waals surface area contributed by atoms with Crippen molar-refractivity contribution in [2.45, 2.75) is 18.6 Å². The number of methoxy groups -OCH3 is 2. The Labute approximate surface area is 160 Å². The quantitative estimate of drug-likeness (QED) is 0.755. The maximum Gasteiger partial charge on any atom is 0.306 e. The van der Waals surface area contributed by atoms with Crippen molar-refractivity contribution in [3.8, 4) is 11.5 Å². The number of carboxylic acids is 1. The number of fused-ring (bicyclic) bond motifs is 1. The monoisotopic (exact) mass is 391 g/mol. The number of anilines is 1. The zero-order valence-corrected chi connectivity index (χ0v) is 15.5. The topological polar surface area (TPSA) is 77.0 Å². The van der Waals surface area contributed by atoms with Gasteiger partial charge in [0, 0.05) is 16.8 Å². The van der Waals surface area contributed by atoms with Crippen molar-refractivity contribution in [2.75, 3.05) is 19.5 Å². The Kier molecular flexibility index (Phi) is 5.57. The number of aliphatic carboxylic acids is 1. The van der Waals surface area contributed by atoms with Gasteiger partial charge in [0.05, 0.1) is 20.6 Å². The van der Waals surface area contributed by atoms with Gasteiger partial charge in [0.25, 0.3) is 0 Å². The molecular formula is C19H18FNO5S. The van der Waals surface area contributed by atoms with Crippen LogP contribution in [0.15, 0.2) is 36.4 Å². The molecule has 0 spiro atoms. The molecule has 0 saturated carbocycles. The first-order valence-corrected chi connectivity index (χ1v) is 8.54. The number of nitrogens with one attached hydrogen (secondary N) is 1. The normalized spacial score (nSPS) is 18.9. The first-order chi connectivity index (χ1) is 12.9. The molecule has 0 aliphatic carbocycles. The van der Waals surface area contributed by atoms with Crippen molar-refractivity contribution < 1.29 is 28.5 Å². The van der Waals surface area contributed by atoms with Gasteiger partial charge >= 0.3 is 5.97 Å². The van der Waals surface area contributed by atoms with Crippen LogP contribution in [0.3, 0.4) is 0 Å². The number of benzene rings is 2. The second-order valence-corrected chi connectivity index (χ2v) is 6.35. The first kappa shape index (κ1) is 19.1. The lowest BCUT2D eigenvalue weighted by molar-refractivity contribution is -0.139. The van der Waals surface area contributed by atoms with Crippen LogP contribution in [0, 0.1) is 5.82 Å². The molecule has 1 aliphatic heterocycles. The number of hydrogen-bond acceptors (Lipinski definition) is 5. The first-order valence-electron chi connectivity index (χ1n) is 8.13. The third kappa shape index (κ3) is 3.86. The second kappa shape index (κ2) is 7.89. The summed E-state index contributed by atoms with van der Waals surface area (Å²) in [7, 11) is 3.00. The van der Waals surface area contributed by atoms with E-state index in [0.29, 0.717) is 28.3 Å². The molecule has 2 N–H and O–H groups in total. The predicted molar refractivity (Wildman–Crippen MR) is 101 cm³/mol. The van der Waals surface area contributed by atoms with E-state index in [1.165, 1.54) is 26.4 Å². The molecule has 0 fully saturated rings. The van der Waals surface area contributed by atoms with Gasteiger partial charge in [-0.15, -0.1) is 0 Å². The molecule has 1 heterocycles. The molecule has 0 bridgehead atoms. The van der Waals surface area contributed by atoms with Gasteiger partial charge in [-0.25, -0.2) is 4.39 Å². The van der Waals surface area contributed by atoms with Crippen LogP contribution in [0.1, 0.15) is 23.7 Å². The summed E-state index contributed by atoms with van der Waals surface area (Å²) >= 11 is 5.30. The van der Waals surface area contributed by atoms with Gasteiger partial charge < -0.3 is 24.6 Å². The highest BCUT2D eigenvalue weighted by Crippen LogP contribution is 2.43. The summed E-state index contributed by atoms with van der Waals surface area (Å²) in [4.78, 5) is 11.5. The van der Waals surface area contributed by atoms with Crippen LogP contribution in [0.5, 0.6) is 11.5 Å². The summed E-state index contributed by atoms with van der Waals surface area (Å²) in [5.74, 6) is -0.612. The van der Waals surface area contributed by atoms with Crippen LogP contribution < -0.4 is 14.8 Å². The minimum absolute atomic E-state index is 0.217. The third-order valence-electron chi connectivity index (χ3n) is 4.22. The lowest BCUT2D eigenvalue weighted by atomic mass is 9.98. The van der Waals surface area contributed by atoms with Crippen molar-refractivity contribution in [2.24, 2.45) is 0 Å². The number of ether oxygens (including phenoxy) is 3. The van der Waals surface area contributed by atoms with Crippen molar-refractivity contribution in [1.82, 2.24) is 0 Å². The second-order valence-electron chi connectivity index (χ2n) is 5.91. The SMILES string of the molecule is COc1cccc(C2OC(CC(=O)O)C(=S)Nc3ccc(F)cc32)c1OC. The van der Waals surface area contributed by atoms with Crippen molar-refractivity contribution in [3.05, 3.63) is 53.3 Å². The van der Waals surface area contributed by atoms with E-state index in [-0.39, 0.29) is 11.4 Å². The molecule has 0 aromatic heterocycles. The third-order valence-corrected chi connectivity index (χ3v) is 4.59. The van der Waals surface area contributed by atoms with Crippen LogP contribution in [0.25, 0.3) is 0 Å². The maximum absolute atomic E-state index is 14.0. The smallest absolute Gasteiger partial charge is 0.306 e. The van der Waals surface area contributed by atoms with Gasteiger partial charge in [0.2, 0.25) is 0 Å². The molecule has 1 aliphatic rings. The molecule has 2 atom stereocenters. The number of thiocarbonyl (C=S) groups is 1. The Morgan fingerprint density at radius 3 is 2.70 bits per heavy atom. The largest absolute Gasteiger partial charge is 0.493 e. The summed E-state index contributed by atoms with van der Waals surface area (Å²) in [6.07, 6.45) is -2.03. The average Bonchev–Trinajstić information content (AvgIpc) is 2.77. The zero-order chi connectivity index (χ0) is 19.6. The van der Waals surface area contributed by atoms with E-state index in [1.807, 2.05) is 0 Å². The molecule has 0 amide bonds. The fourth-order valence-electron chi connectivity index (χ4n) is 3.04. The van der Waals surface area contributed by atoms with Gasteiger partial charge in [-0.3, -0.25) is 4.79 Å². The van der Waals surface area contributed by atoms with Gasteiger partial charge in [0.15, 0.2) is 11.5 Å². The van der Waals surface area contributed by atoms with Gasteiger partial charge in [-0.1, -0.05) is 24.4 Å². The molecule has 0 radical (unpaired) electrons. The van der Waals surface area contributed by atoms with Crippen LogP contribution in [0.4, 0.5) is 10.1 Å². The highest BCUT2D eigenvalue weighted by molar-refractivity contribution is 7.80. The van der Waals surface area contributed by atoms with E-state index in [1.54, 1.807) is 24.3 Å². The molecule has 8 heteroatoms. The van der Waals surface area contributed by atoms with Gasteiger partial charge in [0.1, 0.15) is 23.0 Å². The minimum atomic E-state index is -1.06. The lowest BCUT2D eigenvalue weighted by Crippen LogP contribution is -2.30. The summed E-state index contributed by atoms with van der Waals surface area (Å²) in [6, 6.07) is 9.41. The summed E-state index contributed by atoms with van der Waals surface area (Å²) < 4.78 is 30.9. The molecular weight excluding hydrogens is 373 g/mol. The number of para-hydroxylation sites is 1. The van der Waals surface area contributed by atoms with E-state index in [9.17, 15) is 14.3 Å². The van der Waals surface area contributed by atoms with E-state index in [0.717, 1.165) is 0 Å². The van der Waals surface area contributed by atoms with Crippen molar-refractivity contribution in [1.29, 1.82) is 0 Å². The maximum atomic E-state index is 14.0. The van der Waals surface area contributed by atoms with Crippen LogP contribution >= 0.6 is 12.2 Å². The number of hydrogen-bond donors (Lipinski definition) is 2. The minimum Gasteiger partial charge on any atom is -0.493 e. The number of halogens is 1. The highest BCUT2D eigenvalue weighted by atomic mass is 32.1. The van der Waals surface area contributed by atoms with E-state index in [2.05, 4.69) is 5.32 Å². The van der Waals surface area contributed by atoms with Gasteiger partial charge in [-0.05, 0) is 24.3 Å². The van der Waals surface area contributed by atoms with Crippen molar-refractivity contribution >= 4 is 28.9 Å². The van der Waals surface area contributed by atoms with E-state index < -0.39 is 24.0 Å². The molecule has 3 rings (SSSR count). The zero-order valence-electron chi connectivity index (χ0n) is 14.7. The van der Waals surface area contributed by atoms with Crippen LogP contribution in [-0.4, -0.2) is 36.4 Å². The number of carboxylic acid groups (broad SMARTS) is 1. The Hall–Kier alpha value is -2.71. The summed E-state index contributed by atoms with van der Waals surface area (Å²) in [6.45, 7) is 0. The molecule has 142 valence electrons. The molecule has 0 saturated heterocycles. The Morgan fingerprint density at radius 2 is 2.04 bits per heavy atom. The standard InChI is InChI=1S/C19H18FNO5S/c1-24-14-5-3-4-11(18(14)25-2)17-12-8-10(20)6-7-13(12)21-19(27)15(26-17)9-16(22)23/h3-8,15,17H,9H2,1-2H3,(H,21,27)(H,22,23). The summed E-state index contributed by atoms with van der Waals surface area (Å²) in [5, 5.41) is 12.2. The average molecular weight is 391 g/mol. The molecule has 2 unspecified atom stereocenters. The van der Waals surface area contributed by atoms with Crippen molar-refractivity contribution in [3.63, 3.8) is 0 Å². The number of rotatable bonds is 5. The molecule has 27 heavy (non-hydrogen) atoms. The Bertz CT molecular complexity index is 888. The van der Waals surface area contributed by atoms with E-state index >= 15 is 0 Å². The van der Waals surface area contributed by atoms with Gasteiger partial charge in [-0.2, -0.15) is 0 Å².